The van der Waals surface area contributed by atoms with Crippen molar-refractivity contribution in [3.8, 4) is 11.3 Å². The van der Waals surface area contributed by atoms with Crippen LogP contribution < -0.4 is 5.32 Å². The summed E-state index contributed by atoms with van der Waals surface area (Å²) in [6.07, 6.45) is 1.79. The van der Waals surface area contributed by atoms with E-state index in [0.717, 1.165) is 16.4 Å². The fourth-order valence-electron chi connectivity index (χ4n) is 1.52. The number of nitrogens with zero attached hydrogens (tertiary/aromatic N) is 1. The number of hydrogen-bond acceptors (Lipinski definition) is 3. The van der Waals surface area contributed by atoms with Crippen molar-refractivity contribution in [3.05, 3.63) is 36.5 Å². The summed E-state index contributed by atoms with van der Waals surface area (Å²) in [6.45, 7) is 2.57. The lowest BCUT2D eigenvalue weighted by molar-refractivity contribution is -0.118. The summed E-state index contributed by atoms with van der Waals surface area (Å²) < 4.78 is 0. The van der Waals surface area contributed by atoms with Gasteiger partial charge in [0.1, 0.15) is 0 Å². The SMILES string of the molecule is CCNC(=O)CSc1ncc(-c2ccccc2)[nH]1. The third-order valence-electron chi connectivity index (χ3n) is 2.35. The Bertz CT molecular complexity index is 510. The van der Waals surface area contributed by atoms with E-state index in [9.17, 15) is 4.79 Å². The highest BCUT2D eigenvalue weighted by molar-refractivity contribution is 7.99. The minimum atomic E-state index is 0.0279. The highest BCUT2D eigenvalue weighted by Crippen LogP contribution is 2.20. The lowest BCUT2D eigenvalue weighted by Crippen LogP contribution is -2.24. The molecule has 18 heavy (non-hydrogen) atoms. The van der Waals surface area contributed by atoms with Gasteiger partial charge in [-0.3, -0.25) is 4.79 Å². The van der Waals surface area contributed by atoms with Gasteiger partial charge in [-0.1, -0.05) is 42.1 Å². The fraction of sp³-hybridized carbons (Fsp3) is 0.231. The molecule has 94 valence electrons. The summed E-state index contributed by atoms with van der Waals surface area (Å²) in [5, 5.41) is 3.52. The molecule has 4 nitrogen and oxygen atoms in total. The van der Waals surface area contributed by atoms with E-state index in [0.29, 0.717) is 12.3 Å². The van der Waals surface area contributed by atoms with Crippen molar-refractivity contribution >= 4 is 17.7 Å². The normalized spacial score (nSPS) is 10.3. The van der Waals surface area contributed by atoms with Crippen LogP contribution in [0.15, 0.2) is 41.7 Å². The van der Waals surface area contributed by atoms with Crippen LogP contribution in [0.4, 0.5) is 0 Å². The van der Waals surface area contributed by atoms with E-state index >= 15 is 0 Å². The largest absolute Gasteiger partial charge is 0.356 e. The van der Waals surface area contributed by atoms with Crippen LogP contribution >= 0.6 is 11.8 Å². The van der Waals surface area contributed by atoms with Gasteiger partial charge >= 0.3 is 0 Å². The minimum Gasteiger partial charge on any atom is -0.356 e. The molecule has 1 aromatic carbocycles. The van der Waals surface area contributed by atoms with E-state index in [1.165, 1.54) is 11.8 Å². The molecule has 0 unspecified atom stereocenters. The number of aromatic amines is 1. The van der Waals surface area contributed by atoms with Crippen LogP contribution in [0.2, 0.25) is 0 Å². The first kappa shape index (κ1) is 12.7. The molecule has 2 aromatic rings. The van der Waals surface area contributed by atoms with Gasteiger partial charge in [-0.05, 0) is 12.5 Å². The molecule has 5 heteroatoms. The van der Waals surface area contributed by atoms with E-state index in [-0.39, 0.29) is 5.91 Å². The lowest BCUT2D eigenvalue weighted by atomic mass is 10.2. The summed E-state index contributed by atoms with van der Waals surface area (Å²) >= 11 is 1.41. The number of benzene rings is 1. The van der Waals surface area contributed by atoms with Crippen LogP contribution in [-0.4, -0.2) is 28.2 Å². The number of aromatic nitrogens is 2. The molecule has 0 aliphatic rings. The van der Waals surface area contributed by atoms with Crippen molar-refractivity contribution in [2.75, 3.05) is 12.3 Å². The highest BCUT2D eigenvalue weighted by atomic mass is 32.2. The Morgan fingerprint density at radius 1 is 1.39 bits per heavy atom. The smallest absolute Gasteiger partial charge is 0.230 e. The van der Waals surface area contributed by atoms with E-state index in [1.54, 1.807) is 6.20 Å². The summed E-state index contributed by atoms with van der Waals surface area (Å²) in [5.74, 6) is 0.412. The molecule has 0 bridgehead atoms. The molecule has 0 spiro atoms. The molecule has 0 radical (unpaired) electrons. The maximum Gasteiger partial charge on any atom is 0.230 e. The Labute approximate surface area is 110 Å². The summed E-state index contributed by atoms with van der Waals surface area (Å²) in [4.78, 5) is 18.8. The molecule has 0 aliphatic heterocycles. The van der Waals surface area contributed by atoms with Crippen molar-refractivity contribution in [1.29, 1.82) is 0 Å². The topological polar surface area (TPSA) is 57.8 Å². The third kappa shape index (κ3) is 3.37. The average molecular weight is 261 g/mol. The number of carbonyl (C=O) groups is 1. The monoisotopic (exact) mass is 261 g/mol. The first-order chi connectivity index (χ1) is 8.79. The van der Waals surface area contributed by atoms with Gasteiger partial charge < -0.3 is 10.3 Å². The second kappa shape index (κ2) is 6.26. The maximum atomic E-state index is 11.3. The van der Waals surface area contributed by atoms with Crippen LogP contribution in [0, 0.1) is 0 Å². The molecular formula is C13H15N3OS. The number of H-pyrrole nitrogens is 1. The Kier molecular flexibility index (Phi) is 4.41. The predicted octanol–water partition coefficient (Wildman–Crippen LogP) is 2.30. The number of carbonyl (C=O) groups excluding carboxylic acids is 1. The van der Waals surface area contributed by atoms with Crippen LogP contribution in [0.25, 0.3) is 11.3 Å². The Balaban J connectivity index is 1.97. The lowest BCUT2D eigenvalue weighted by Gasteiger charge is -1.99. The van der Waals surface area contributed by atoms with Crippen molar-refractivity contribution in [3.63, 3.8) is 0 Å². The summed E-state index contributed by atoms with van der Waals surface area (Å²) in [5.41, 5.74) is 2.06. The van der Waals surface area contributed by atoms with E-state index in [4.69, 9.17) is 0 Å². The zero-order valence-electron chi connectivity index (χ0n) is 10.1. The van der Waals surface area contributed by atoms with Gasteiger partial charge in [-0.2, -0.15) is 0 Å². The molecule has 0 saturated carbocycles. The molecule has 1 amide bonds. The molecule has 2 rings (SSSR count). The van der Waals surface area contributed by atoms with Gasteiger partial charge in [-0.25, -0.2) is 4.98 Å². The predicted molar refractivity (Wildman–Crippen MR) is 73.4 cm³/mol. The number of nitrogens with one attached hydrogen (secondary N) is 2. The summed E-state index contributed by atoms with van der Waals surface area (Å²) in [6, 6.07) is 9.98. The quantitative estimate of drug-likeness (QED) is 0.812. The van der Waals surface area contributed by atoms with Crippen LogP contribution in [0.3, 0.4) is 0 Å². The van der Waals surface area contributed by atoms with E-state index in [1.807, 2.05) is 37.3 Å². The standard InChI is InChI=1S/C13H15N3OS/c1-2-14-12(17)9-18-13-15-8-11(16-13)10-6-4-3-5-7-10/h3-8H,2,9H2,1H3,(H,14,17)(H,15,16). The van der Waals surface area contributed by atoms with Crippen molar-refractivity contribution < 1.29 is 4.79 Å². The first-order valence-corrected chi connectivity index (χ1v) is 6.78. The molecular weight excluding hydrogens is 246 g/mol. The first-order valence-electron chi connectivity index (χ1n) is 5.79. The van der Waals surface area contributed by atoms with Crippen molar-refractivity contribution in [2.45, 2.75) is 12.1 Å². The summed E-state index contributed by atoms with van der Waals surface area (Å²) in [7, 11) is 0. The number of amides is 1. The molecule has 0 aliphatic carbocycles. The average Bonchev–Trinajstić information content (AvgIpc) is 2.87. The molecule has 0 atom stereocenters. The molecule has 2 N–H and O–H groups in total. The van der Waals surface area contributed by atoms with Crippen molar-refractivity contribution in [2.24, 2.45) is 0 Å². The maximum absolute atomic E-state index is 11.3. The Morgan fingerprint density at radius 2 is 2.17 bits per heavy atom. The zero-order valence-corrected chi connectivity index (χ0v) is 11.0. The number of imidazole rings is 1. The number of rotatable bonds is 5. The van der Waals surface area contributed by atoms with Gasteiger partial charge in [0.25, 0.3) is 0 Å². The van der Waals surface area contributed by atoms with Gasteiger partial charge in [0, 0.05) is 6.54 Å². The zero-order chi connectivity index (χ0) is 12.8. The fourth-order valence-corrected chi connectivity index (χ4v) is 2.20. The Hall–Kier alpha value is -1.75. The van der Waals surface area contributed by atoms with Gasteiger partial charge in [0.05, 0.1) is 17.6 Å². The number of hydrogen-bond donors (Lipinski definition) is 2. The second-order valence-electron chi connectivity index (χ2n) is 3.71. The van der Waals surface area contributed by atoms with Crippen LogP contribution in [0.1, 0.15) is 6.92 Å². The van der Waals surface area contributed by atoms with Gasteiger partial charge in [0.2, 0.25) is 5.91 Å². The third-order valence-corrected chi connectivity index (χ3v) is 3.24. The minimum absolute atomic E-state index is 0.0279. The van der Waals surface area contributed by atoms with Gasteiger partial charge in [-0.15, -0.1) is 0 Å². The van der Waals surface area contributed by atoms with E-state index in [2.05, 4.69) is 15.3 Å². The second-order valence-corrected chi connectivity index (χ2v) is 4.67. The van der Waals surface area contributed by atoms with E-state index < -0.39 is 0 Å². The molecule has 1 heterocycles. The molecule has 0 fully saturated rings. The molecule has 0 saturated heterocycles. The number of thioether (sulfide) groups is 1. The highest BCUT2D eigenvalue weighted by Gasteiger charge is 2.06. The van der Waals surface area contributed by atoms with Gasteiger partial charge in [0.15, 0.2) is 5.16 Å². The van der Waals surface area contributed by atoms with Crippen molar-refractivity contribution in [1.82, 2.24) is 15.3 Å². The van der Waals surface area contributed by atoms with Crippen LogP contribution in [-0.2, 0) is 4.79 Å². The Morgan fingerprint density at radius 3 is 2.89 bits per heavy atom. The van der Waals surface area contributed by atoms with Crippen LogP contribution in [0.5, 0.6) is 0 Å². The molecule has 1 aromatic heterocycles.